The first kappa shape index (κ1) is 14.2. The third-order valence-corrected chi connectivity index (χ3v) is 5.19. The Morgan fingerprint density at radius 1 is 1.20 bits per heavy atom. The van der Waals surface area contributed by atoms with Crippen molar-refractivity contribution in [2.75, 3.05) is 5.73 Å². The summed E-state index contributed by atoms with van der Waals surface area (Å²) in [6, 6.07) is 7.31. The Hall–Kier alpha value is -0.760. The number of anilines is 1. The highest BCUT2D eigenvalue weighted by molar-refractivity contribution is 14.1. The molecule has 0 fully saturated rings. The first-order chi connectivity index (χ1) is 9.58. The molecule has 7 heteroatoms. The SMILES string of the molecule is Nc1onc(-c2csc(I)c2)c1-c1c(Cl)cccc1Cl. The lowest BCUT2D eigenvalue weighted by Gasteiger charge is -2.06. The van der Waals surface area contributed by atoms with E-state index < -0.39 is 0 Å². The van der Waals surface area contributed by atoms with Crippen LogP contribution in [0.3, 0.4) is 0 Å². The molecule has 0 saturated heterocycles. The highest BCUT2D eigenvalue weighted by atomic mass is 127. The number of nitrogens with zero attached hydrogens (tertiary/aromatic N) is 1. The predicted molar refractivity (Wildman–Crippen MR) is 92.4 cm³/mol. The fourth-order valence-electron chi connectivity index (χ4n) is 1.91. The highest BCUT2D eigenvalue weighted by Gasteiger charge is 2.22. The van der Waals surface area contributed by atoms with E-state index in [-0.39, 0.29) is 5.88 Å². The van der Waals surface area contributed by atoms with Gasteiger partial charge in [-0.3, -0.25) is 0 Å². The third kappa shape index (κ3) is 2.43. The molecule has 20 heavy (non-hydrogen) atoms. The second kappa shape index (κ2) is 5.55. The van der Waals surface area contributed by atoms with E-state index in [0.717, 1.165) is 8.45 Å². The van der Waals surface area contributed by atoms with E-state index in [0.29, 0.717) is 26.9 Å². The van der Waals surface area contributed by atoms with Gasteiger partial charge in [0.25, 0.3) is 0 Å². The summed E-state index contributed by atoms with van der Waals surface area (Å²) in [4.78, 5) is 0. The third-order valence-electron chi connectivity index (χ3n) is 2.77. The molecule has 0 aliphatic rings. The van der Waals surface area contributed by atoms with Crippen molar-refractivity contribution in [3.8, 4) is 22.4 Å². The van der Waals surface area contributed by atoms with Crippen LogP contribution in [0.15, 0.2) is 34.2 Å². The minimum absolute atomic E-state index is 0.205. The minimum atomic E-state index is 0.205. The summed E-state index contributed by atoms with van der Waals surface area (Å²) in [7, 11) is 0. The molecule has 0 atom stereocenters. The van der Waals surface area contributed by atoms with Crippen molar-refractivity contribution < 1.29 is 4.52 Å². The maximum Gasteiger partial charge on any atom is 0.230 e. The Balaban J connectivity index is 2.27. The fourth-order valence-corrected chi connectivity index (χ4v) is 3.83. The second-order valence-electron chi connectivity index (χ2n) is 4.01. The van der Waals surface area contributed by atoms with Crippen molar-refractivity contribution in [1.29, 1.82) is 0 Å². The number of thiophene rings is 1. The van der Waals surface area contributed by atoms with Crippen molar-refractivity contribution in [2.45, 2.75) is 0 Å². The lowest BCUT2D eigenvalue weighted by atomic mass is 10.0. The Labute approximate surface area is 142 Å². The highest BCUT2D eigenvalue weighted by Crippen LogP contribution is 2.43. The van der Waals surface area contributed by atoms with Gasteiger partial charge >= 0.3 is 0 Å². The molecule has 102 valence electrons. The molecule has 0 aliphatic carbocycles. The van der Waals surface area contributed by atoms with Crippen LogP contribution in [0.5, 0.6) is 0 Å². The Bertz CT molecular complexity index is 764. The Kier molecular flexibility index (Phi) is 3.94. The molecule has 2 N–H and O–H groups in total. The number of hydrogen-bond donors (Lipinski definition) is 1. The summed E-state index contributed by atoms with van der Waals surface area (Å²) in [5.74, 6) is 0.205. The van der Waals surface area contributed by atoms with Crippen LogP contribution in [0.25, 0.3) is 22.4 Å². The van der Waals surface area contributed by atoms with Crippen LogP contribution in [-0.2, 0) is 0 Å². The van der Waals surface area contributed by atoms with Gasteiger partial charge in [-0.2, -0.15) is 0 Å². The Morgan fingerprint density at radius 2 is 1.90 bits per heavy atom. The van der Waals surface area contributed by atoms with Crippen molar-refractivity contribution >= 4 is 63.0 Å². The zero-order valence-electron chi connectivity index (χ0n) is 9.86. The van der Waals surface area contributed by atoms with E-state index in [4.69, 9.17) is 33.5 Å². The number of aromatic nitrogens is 1. The molecule has 3 aromatic rings. The van der Waals surface area contributed by atoms with Gasteiger partial charge in [-0.25, -0.2) is 0 Å². The fraction of sp³-hybridized carbons (Fsp3) is 0. The molecule has 0 amide bonds. The summed E-state index contributed by atoms with van der Waals surface area (Å²) in [5, 5.41) is 7.06. The molecule has 0 saturated carbocycles. The monoisotopic (exact) mass is 436 g/mol. The van der Waals surface area contributed by atoms with Crippen molar-refractivity contribution in [2.24, 2.45) is 0 Å². The van der Waals surface area contributed by atoms with Crippen LogP contribution in [0.4, 0.5) is 5.88 Å². The van der Waals surface area contributed by atoms with Gasteiger partial charge in [0.05, 0.1) is 18.5 Å². The van der Waals surface area contributed by atoms with E-state index in [1.165, 1.54) is 0 Å². The molecule has 3 rings (SSSR count). The zero-order valence-corrected chi connectivity index (χ0v) is 14.3. The number of nitrogens with two attached hydrogens (primary N) is 1. The molecule has 0 unspecified atom stereocenters. The molecule has 0 bridgehead atoms. The summed E-state index contributed by atoms with van der Waals surface area (Å²) in [6.07, 6.45) is 0. The molecule has 0 spiro atoms. The van der Waals surface area contributed by atoms with E-state index >= 15 is 0 Å². The van der Waals surface area contributed by atoms with Crippen LogP contribution in [0, 0.1) is 2.88 Å². The van der Waals surface area contributed by atoms with E-state index in [1.807, 2.05) is 11.4 Å². The molecule has 0 aliphatic heterocycles. The van der Waals surface area contributed by atoms with Gasteiger partial charge in [0.2, 0.25) is 5.88 Å². The van der Waals surface area contributed by atoms with Crippen molar-refractivity contribution in [3.05, 3.63) is 42.6 Å². The van der Waals surface area contributed by atoms with Gasteiger partial charge in [-0.1, -0.05) is 34.4 Å². The topological polar surface area (TPSA) is 52.0 Å². The lowest BCUT2D eigenvalue weighted by Crippen LogP contribution is -1.89. The quantitative estimate of drug-likeness (QED) is 0.534. The van der Waals surface area contributed by atoms with Gasteiger partial charge in [-0.05, 0) is 40.8 Å². The van der Waals surface area contributed by atoms with E-state index in [9.17, 15) is 0 Å². The molecule has 2 aromatic heterocycles. The van der Waals surface area contributed by atoms with E-state index in [1.54, 1.807) is 29.5 Å². The maximum absolute atomic E-state index is 6.25. The zero-order chi connectivity index (χ0) is 14.3. The summed E-state index contributed by atoms with van der Waals surface area (Å²) in [5.41, 5.74) is 8.77. The standard InChI is InChI=1S/C13H7Cl2IN2OS/c14-7-2-1-3-8(15)10(7)11-12(18-19-13(11)17)6-4-9(16)20-5-6/h1-5H,17H2. The molecule has 2 heterocycles. The molecule has 3 nitrogen and oxygen atoms in total. The summed E-state index contributed by atoms with van der Waals surface area (Å²) in [6.45, 7) is 0. The second-order valence-corrected chi connectivity index (χ2v) is 7.63. The average Bonchev–Trinajstić information content (AvgIpc) is 2.97. The van der Waals surface area contributed by atoms with Crippen molar-refractivity contribution in [3.63, 3.8) is 0 Å². The first-order valence-corrected chi connectivity index (χ1v) is 8.23. The number of halogens is 3. The number of benzene rings is 1. The summed E-state index contributed by atoms with van der Waals surface area (Å²) < 4.78 is 6.28. The van der Waals surface area contributed by atoms with Gasteiger partial charge in [0, 0.05) is 16.5 Å². The Morgan fingerprint density at radius 3 is 2.50 bits per heavy atom. The number of hydrogen-bond acceptors (Lipinski definition) is 4. The largest absolute Gasteiger partial charge is 0.367 e. The smallest absolute Gasteiger partial charge is 0.230 e. The van der Waals surface area contributed by atoms with Crippen LogP contribution >= 0.6 is 57.1 Å². The molecule has 1 aromatic carbocycles. The van der Waals surface area contributed by atoms with Gasteiger partial charge in [0.15, 0.2) is 0 Å². The van der Waals surface area contributed by atoms with Crippen LogP contribution < -0.4 is 5.73 Å². The number of rotatable bonds is 2. The van der Waals surface area contributed by atoms with Crippen LogP contribution in [0.2, 0.25) is 10.0 Å². The van der Waals surface area contributed by atoms with Gasteiger partial charge in [0.1, 0.15) is 5.69 Å². The average molecular weight is 437 g/mol. The molecular formula is C13H7Cl2IN2OS. The first-order valence-electron chi connectivity index (χ1n) is 5.52. The minimum Gasteiger partial charge on any atom is -0.367 e. The maximum atomic E-state index is 6.25. The molecular weight excluding hydrogens is 430 g/mol. The molecule has 0 radical (unpaired) electrons. The summed E-state index contributed by atoms with van der Waals surface area (Å²) >= 11 is 16.4. The van der Waals surface area contributed by atoms with Crippen LogP contribution in [-0.4, -0.2) is 5.16 Å². The van der Waals surface area contributed by atoms with E-state index in [2.05, 4.69) is 27.7 Å². The van der Waals surface area contributed by atoms with Crippen molar-refractivity contribution in [1.82, 2.24) is 5.16 Å². The predicted octanol–water partition coefficient (Wildman–Crippen LogP) is 5.56. The van der Waals surface area contributed by atoms with Gasteiger partial charge < -0.3 is 10.3 Å². The van der Waals surface area contributed by atoms with Gasteiger partial charge in [-0.15, -0.1) is 11.3 Å². The lowest BCUT2D eigenvalue weighted by molar-refractivity contribution is 0.439. The van der Waals surface area contributed by atoms with Crippen LogP contribution in [0.1, 0.15) is 0 Å². The number of nitrogen functional groups attached to an aromatic ring is 1. The normalized spacial score (nSPS) is 10.9.